The topological polar surface area (TPSA) is 84.4 Å². The largest absolute Gasteiger partial charge is 0.495 e. The Morgan fingerprint density at radius 1 is 1.54 bits per heavy atom. The van der Waals surface area contributed by atoms with Gasteiger partial charge in [-0.25, -0.2) is 4.79 Å². The van der Waals surface area contributed by atoms with Gasteiger partial charge in [0.2, 0.25) is 0 Å². The average Bonchev–Trinajstić information content (AvgIpc) is 3.22. The van der Waals surface area contributed by atoms with Gasteiger partial charge in [-0.2, -0.15) is 16.4 Å². The first kappa shape index (κ1) is 15.2. The molecule has 122 valence electrons. The van der Waals surface area contributed by atoms with Gasteiger partial charge in [-0.3, -0.25) is 5.10 Å². The summed E-state index contributed by atoms with van der Waals surface area (Å²) in [6, 6.07) is 3.83. The predicted molar refractivity (Wildman–Crippen MR) is 92.9 cm³/mol. The first-order valence-corrected chi connectivity index (χ1v) is 8.72. The maximum Gasteiger partial charge on any atom is 0.354 e. The van der Waals surface area contributed by atoms with Crippen molar-refractivity contribution in [3.63, 3.8) is 0 Å². The van der Waals surface area contributed by atoms with Crippen molar-refractivity contribution < 1.29 is 19.4 Å². The highest BCUT2D eigenvalue weighted by Crippen LogP contribution is 2.51. The van der Waals surface area contributed by atoms with Crippen LogP contribution in [0, 0.1) is 0 Å². The quantitative estimate of drug-likeness (QED) is 0.681. The number of hydrogen-bond donors (Lipinski definition) is 2. The summed E-state index contributed by atoms with van der Waals surface area (Å²) in [4.78, 5) is 11.3. The number of nitrogens with one attached hydrogen (secondary N) is 1. The molecule has 1 aliphatic rings. The fraction of sp³-hybridized carbons (Fsp3) is 0.125. The first-order valence-electron chi connectivity index (χ1n) is 6.98. The Balaban J connectivity index is 2.02. The number of fused-ring (bicyclic) bond motifs is 3. The molecule has 1 aromatic carbocycles. The molecule has 4 rings (SSSR count). The van der Waals surface area contributed by atoms with Crippen LogP contribution in [0.25, 0.3) is 22.4 Å². The van der Waals surface area contributed by atoms with Gasteiger partial charge in [-0.05, 0) is 44.4 Å². The molecule has 2 aromatic heterocycles. The van der Waals surface area contributed by atoms with E-state index in [9.17, 15) is 9.90 Å². The zero-order chi connectivity index (χ0) is 16.8. The van der Waals surface area contributed by atoms with Crippen molar-refractivity contribution in [1.82, 2.24) is 10.2 Å². The van der Waals surface area contributed by atoms with E-state index in [0.29, 0.717) is 22.8 Å². The Kier molecular flexibility index (Phi) is 3.58. The van der Waals surface area contributed by atoms with E-state index in [1.807, 2.05) is 22.9 Å². The lowest BCUT2D eigenvalue weighted by atomic mass is 9.96. The number of carboxylic acid groups (broad SMARTS) is 1. The molecule has 0 unspecified atom stereocenters. The lowest BCUT2D eigenvalue weighted by molar-refractivity contribution is 0.0687. The second-order valence-corrected chi connectivity index (χ2v) is 6.81. The Hall–Kier alpha value is -2.32. The van der Waals surface area contributed by atoms with Crippen LogP contribution in [0.5, 0.6) is 11.5 Å². The highest BCUT2D eigenvalue weighted by molar-refractivity contribution is 9.10. The minimum atomic E-state index is -1.05. The average molecular weight is 407 g/mol. The van der Waals surface area contributed by atoms with Crippen molar-refractivity contribution in [1.29, 1.82) is 0 Å². The summed E-state index contributed by atoms with van der Waals surface area (Å²) in [5, 5.41) is 20.0. The summed E-state index contributed by atoms with van der Waals surface area (Å²) in [5.41, 5.74) is 3.73. The summed E-state index contributed by atoms with van der Waals surface area (Å²) in [6.07, 6.45) is 0. The molecule has 24 heavy (non-hydrogen) atoms. The number of halogens is 1. The lowest BCUT2D eigenvalue weighted by Gasteiger charge is -2.23. The minimum absolute atomic E-state index is 0.0553. The molecule has 0 saturated heterocycles. The van der Waals surface area contributed by atoms with E-state index in [2.05, 4.69) is 26.1 Å². The maximum absolute atomic E-state index is 11.3. The third kappa shape index (κ3) is 2.14. The number of benzene rings is 1. The van der Waals surface area contributed by atoms with E-state index < -0.39 is 5.97 Å². The maximum atomic E-state index is 11.3. The van der Waals surface area contributed by atoms with Gasteiger partial charge < -0.3 is 14.6 Å². The van der Waals surface area contributed by atoms with E-state index in [-0.39, 0.29) is 12.3 Å². The van der Waals surface area contributed by atoms with Crippen LogP contribution in [0.2, 0.25) is 0 Å². The Morgan fingerprint density at radius 3 is 3.04 bits per heavy atom. The fourth-order valence-electron chi connectivity index (χ4n) is 2.86. The second-order valence-electron chi connectivity index (χ2n) is 5.17. The molecule has 0 fully saturated rings. The zero-order valence-electron chi connectivity index (χ0n) is 12.4. The van der Waals surface area contributed by atoms with Crippen LogP contribution in [0.4, 0.5) is 0 Å². The third-order valence-corrected chi connectivity index (χ3v) is 5.17. The standard InChI is InChI=1S/C16H11BrN2O4S/c1-22-15-10(17)4-8-12-9(13(16(20)21)19-18-12)5-23-14(8)11(15)7-2-3-24-6-7/h2-4,6H,5H2,1H3,(H,18,19)(H,20,21). The number of carbonyl (C=O) groups is 1. The summed E-state index contributed by atoms with van der Waals surface area (Å²) in [6.45, 7) is 0.141. The van der Waals surface area contributed by atoms with Crippen LogP contribution in [0.15, 0.2) is 27.4 Å². The smallest absolute Gasteiger partial charge is 0.354 e. The van der Waals surface area contributed by atoms with Gasteiger partial charge in [-0.1, -0.05) is 0 Å². The van der Waals surface area contributed by atoms with E-state index in [4.69, 9.17) is 9.47 Å². The van der Waals surface area contributed by atoms with Crippen molar-refractivity contribution in [3.05, 3.63) is 38.6 Å². The van der Waals surface area contributed by atoms with Gasteiger partial charge >= 0.3 is 5.97 Å². The summed E-state index contributed by atoms with van der Waals surface area (Å²) < 4.78 is 12.2. The molecule has 6 nitrogen and oxygen atoms in total. The number of carboxylic acids is 1. The highest BCUT2D eigenvalue weighted by atomic mass is 79.9. The molecule has 3 aromatic rings. The highest BCUT2D eigenvalue weighted by Gasteiger charge is 2.31. The SMILES string of the molecule is COc1c(Br)cc2c(c1-c1ccsc1)OCc1c-2n[nH]c1C(=O)O. The Bertz CT molecular complexity index is 950. The van der Waals surface area contributed by atoms with E-state index in [0.717, 1.165) is 21.2 Å². The molecule has 8 heteroatoms. The van der Waals surface area contributed by atoms with Crippen molar-refractivity contribution in [2.45, 2.75) is 6.61 Å². The predicted octanol–water partition coefficient (Wildman–Crippen LogP) is 4.17. The van der Waals surface area contributed by atoms with Gasteiger partial charge in [0, 0.05) is 5.56 Å². The first-order chi connectivity index (χ1) is 11.6. The van der Waals surface area contributed by atoms with Crippen LogP contribution in [-0.4, -0.2) is 28.4 Å². The number of aromatic nitrogens is 2. The number of H-pyrrole nitrogens is 1. The number of methoxy groups -OCH3 is 1. The fourth-order valence-corrected chi connectivity index (χ4v) is 4.09. The Labute approximate surface area is 149 Å². The van der Waals surface area contributed by atoms with Gasteiger partial charge in [0.25, 0.3) is 0 Å². The molecular formula is C16H11BrN2O4S. The molecule has 0 bridgehead atoms. The van der Waals surface area contributed by atoms with E-state index in [1.165, 1.54) is 0 Å². The summed E-state index contributed by atoms with van der Waals surface area (Å²) >= 11 is 5.11. The Morgan fingerprint density at radius 2 is 2.38 bits per heavy atom. The van der Waals surface area contributed by atoms with Crippen LogP contribution >= 0.6 is 27.3 Å². The van der Waals surface area contributed by atoms with Crippen LogP contribution < -0.4 is 9.47 Å². The van der Waals surface area contributed by atoms with Crippen molar-refractivity contribution in [3.8, 4) is 33.9 Å². The lowest BCUT2D eigenvalue weighted by Crippen LogP contribution is -2.10. The number of aromatic amines is 1. The minimum Gasteiger partial charge on any atom is -0.495 e. The number of nitrogens with zero attached hydrogens (tertiary/aromatic N) is 1. The number of hydrogen-bond acceptors (Lipinski definition) is 5. The molecule has 1 aliphatic heterocycles. The number of ether oxygens (including phenoxy) is 2. The number of rotatable bonds is 3. The molecule has 0 atom stereocenters. The van der Waals surface area contributed by atoms with Gasteiger partial charge in [0.15, 0.2) is 5.69 Å². The van der Waals surface area contributed by atoms with Gasteiger partial charge in [0.05, 0.1) is 22.7 Å². The summed E-state index contributed by atoms with van der Waals surface area (Å²) in [5.74, 6) is 0.260. The van der Waals surface area contributed by atoms with Crippen LogP contribution in [-0.2, 0) is 6.61 Å². The molecule has 0 saturated carbocycles. The molecular weight excluding hydrogens is 396 g/mol. The molecule has 3 heterocycles. The zero-order valence-corrected chi connectivity index (χ0v) is 14.8. The number of thiophene rings is 1. The summed E-state index contributed by atoms with van der Waals surface area (Å²) in [7, 11) is 1.60. The number of aromatic carboxylic acids is 1. The molecule has 0 spiro atoms. The van der Waals surface area contributed by atoms with Gasteiger partial charge in [0.1, 0.15) is 23.8 Å². The van der Waals surface area contributed by atoms with Crippen LogP contribution in [0.3, 0.4) is 0 Å². The molecule has 0 radical (unpaired) electrons. The second kappa shape index (κ2) is 5.64. The van der Waals surface area contributed by atoms with E-state index >= 15 is 0 Å². The van der Waals surface area contributed by atoms with Gasteiger partial charge in [-0.15, -0.1) is 0 Å². The van der Waals surface area contributed by atoms with Crippen molar-refractivity contribution in [2.24, 2.45) is 0 Å². The molecule has 0 amide bonds. The normalized spacial score (nSPS) is 12.2. The monoisotopic (exact) mass is 406 g/mol. The molecule has 0 aliphatic carbocycles. The van der Waals surface area contributed by atoms with Crippen molar-refractivity contribution >= 4 is 33.2 Å². The molecule has 2 N–H and O–H groups in total. The third-order valence-electron chi connectivity index (χ3n) is 3.90. The van der Waals surface area contributed by atoms with Crippen molar-refractivity contribution in [2.75, 3.05) is 7.11 Å². The van der Waals surface area contributed by atoms with Crippen LogP contribution in [0.1, 0.15) is 16.1 Å². The van der Waals surface area contributed by atoms with E-state index in [1.54, 1.807) is 18.4 Å².